The van der Waals surface area contributed by atoms with Gasteiger partial charge in [-0.1, -0.05) is 11.3 Å². The van der Waals surface area contributed by atoms with Crippen LogP contribution in [0, 0.1) is 0 Å². The van der Waals surface area contributed by atoms with E-state index in [4.69, 9.17) is 5.73 Å². The van der Waals surface area contributed by atoms with Crippen LogP contribution < -0.4 is 10.6 Å². The summed E-state index contributed by atoms with van der Waals surface area (Å²) in [6.07, 6.45) is 1.73. The van der Waals surface area contributed by atoms with Crippen molar-refractivity contribution in [2.75, 3.05) is 24.7 Å². The van der Waals surface area contributed by atoms with Crippen molar-refractivity contribution in [1.29, 1.82) is 0 Å². The van der Waals surface area contributed by atoms with Crippen LogP contribution in [-0.4, -0.2) is 28.7 Å². The first kappa shape index (κ1) is 11.0. The number of nitrogen functional groups attached to an aromatic ring is 1. The van der Waals surface area contributed by atoms with Crippen LogP contribution in [0.2, 0.25) is 0 Å². The van der Waals surface area contributed by atoms with Gasteiger partial charge in [-0.2, -0.15) is 5.10 Å². The van der Waals surface area contributed by atoms with E-state index in [1.165, 1.54) is 17.0 Å². The van der Waals surface area contributed by atoms with Gasteiger partial charge in [0, 0.05) is 25.3 Å². The van der Waals surface area contributed by atoms with Crippen molar-refractivity contribution in [3.8, 4) is 10.6 Å². The molecule has 0 saturated heterocycles. The van der Waals surface area contributed by atoms with Crippen LogP contribution in [0.5, 0.6) is 0 Å². The first-order valence-corrected chi connectivity index (χ1v) is 6.34. The molecule has 0 bridgehead atoms. The highest BCUT2D eigenvalue weighted by atomic mass is 32.1. The fraction of sp³-hybridized carbons (Fsp3) is 0.167. The second-order valence-electron chi connectivity index (χ2n) is 4.24. The number of aromatic nitrogens is 3. The van der Waals surface area contributed by atoms with Gasteiger partial charge in [0.2, 0.25) is 4.96 Å². The molecule has 0 spiro atoms. The zero-order valence-corrected chi connectivity index (χ0v) is 11.0. The number of anilines is 2. The maximum absolute atomic E-state index is 5.61. The molecule has 3 rings (SSSR count). The lowest BCUT2D eigenvalue weighted by molar-refractivity contribution is 0.979. The molecule has 0 aliphatic rings. The summed E-state index contributed by atoms with van der Waals surface area (Å²) in [6.45, 7) is 0. The van der Waals surface area contributed by atoms with E-state index in [9.17, 15) is 0 Å². The van der Waals surface area contributed by atoms with Crippen molar-refractivity contribution in [2.24, 2.45) is 0 Å². The Labute approximate surface area is 108 Å². The van der Waals surface area contributed by atoms with Crippen LogP contribution >= 0.6 is 11.3 Å². The first-order chi connectivity index (χ1) is 8.63. The minimum atomic E-state index is 0.503. The summed E-state index contributed by atoms with van der Waals surface area (Å²) in [5.41, 5.74) is 7.87. The van der Waals surface area contributed by atoms with Crippen LogP contribution in [0.25, 0.3) is 15.5 Å². The van der Waals surface area contributed by atoms with Crippen molar-refractivity contribution in [2.45, 2.75) is 0 Å². The normalized spacial score (nSPS) is 11.0. The monoisotopic (exact) mass is 259 g/mol. The van der Waals surface area contributed by atoms with Gasteiger partial charge in [0.15, 0.2) is 0 Å². The molecule has 18 heavy (non-hydrogen) atoms. The molecule has 5 nitrogen and oxygen atoms in total. The van der Waals surface area contributed by atoms with Gasteiger partial charge in [0.25, 0.3) is 0 Å². The van der Waals surface area contributed by atoms with E-state index in [-0.39, 0.29) is 0 Å². The maximum atomic E-state index is 5.61. The number of rotatable bonds is 2. The lowest BCUT2D eigenvalue weighted by Crippen LogP contribution is -2.07. The van der Waals surface area contributed by atoms with Crippen LogP contribution in [0.3, 0.4) is 0 Å². The molecule has 3 aromatic rings. The quantitative estimate of drug-likeness (QED) is 0.765. The molecule has 1 aromatic carbocycles. The highest BCUT2D eigenvalue weighted by Crippen LogP contribution is 2.27. The third kappa shape index (κ3) is 1.80. The summed E-state index contributed by atoms with van der Waals surface area (Å²) in [7, 11) is 4.05. The number of imidazole rings is 1. The summed E-state index contributed by atoms with van der Waals surface area (Å²) in [5.74, 6) is 0.503. The van der Waals surface area contributed by atoms with E-state index in [0.29, 0.717) is 5.82 Å². The molecule has 6 heteroatoms. The van der Waals surface area contributed by atoms with E-state index >= 15 is 0 Å². The minimum absolute atomic E-state index is 0.503. The Hall–Kier alpha value is -2.08. The average Bonchev–Trinajstić information content (AvgIpc) is 2.86. The topological polar surface area (TPSA) is 59.5 Å². The fourth-order valence-electron chi connectivity index (χ4n) is 1.74. The van der Waals surface area contributed by atoms with Gasteiger partial charge < -0.3 is 10.6 Å². The molecular formula is C12H13N5S. The van der Waals surface area contributed by atoms with Gasteiger partial charge in [-0.15, -0.1) is 0 Å². The van der Waals surface area contributed by atoms with Gasteiger partial charge in [-0.3, -0.25) is 0 Å². The molecule has 0 amide bonds. The highest BCUT2D eigenvalue weighted by Gasteiger charge is 2.08. The molecule has 2 aromatic heterocycles. The molecule has 92 valence electrons. The van der Waals surface area contributed by atoms with Crippen LogP contribution in [0.1, 0.15) is 0 Å². The summed E-state index contributed by atoms with van der Waals surface area (Å²) < 4.78 is 1.72. The molecule has 0 saturated carbocycles. The molecule has 0 radical (unpaired) electrons. The van der Waals surface area contributed by atoms with E-state index in [2.05, 4.69) is 39.2 Å². The third-order valence-corrected chi connectivity index (χ3v) is 3.66. The van der Waals surface area contributed by atoms with Gasteiger partial charge in [0.1, 0.15) is 10.8 Å². The van der Waals surface area contributed by atoms with Gasteiger partial charge in [-0.25, -0.2) is 9.50 Å². The van der Waals surface area contributed by atoms with Crippen molar-refractivity contribution in [3.63, 3.8) is 0 Å². The third-order valence-electron chi connectivity index (χ3n) is 2.69. The number of hydrogen-bond donors (Lipinski definition) is 1. The number of nitrogens with zero attached hydrogens (tertiary/aromatic N) is 4. The molecule has 2 N–H and O–H groups in total. The Kier molecular flexibility index (Phi) is 2.45. The minimum Gasteiger partial charge on any atom is -0.382 e. The van der Waals surface area contributed by atoms with E-state index in [1.807, 2.05) is 14.1 Å². The lowest BCUT2D eigenvalue weighted by atomic mass is 10.2. The Morgan fingerprint density at radius 3 is 2.56 bits per heavy atom. The van der Waals surface area contributed by atoms with Crippen molar-refractivity contribution in [3.05, 3.63) is 30.5 Å². The fourth-order valence-corrected chi connectivity index (χ4v) is 2.63. The molecule has 0 atom stereocenters. The summed E-state index contributed by atoms with van der Waals surface area (Å²) in [5, 5.41) is 5.40. The van der Waals surface area contributed by atoms with Gasteiger partial charge in [0.05, 0.1) is 6.20 Å². The van der Waals surface area contributed by atoms with Crippen LogP contribution in [0.15, 0.2) is 30.5 Å². The average molecular weight is 259 g/mol. The summed E-state index contributed by atoms with van der Waals surface area (Å²) in [4.78, 5) is 7.08. The number of hydrogen-bond acceptors (Lipinski definition) is 5. The van der Waals surface area contributed by atoms with Gasteiger partial charge in [-0.05, 0) is 24.3 Å². The van der Waals surface area contributed by atoms with E-state index in [1.54, 1.807) is 10.7 Å². The molecule has 2 heterocycles. The predicted octanol–water partition coefficient (Wildman–Crippen LogP) is 2.11. The zero-order chi connectivity index (χ0) is 12.7. The lowest BCUT2D eigenvalue weighted by Gasteiger charge is -2.11. The molecule has 0 aliphatic heterocycles. The predicted molar refractivity (Wildman–Crippen MR) is 75.0 cm³/mol. The van der Waals surface area contributed by atoms with Crippen LogP contribution in [-0.2, 0) is 0 Å². The Morgan fingerprint density at radius 2 is 1.94 bits per heavy atom. The molecule has 0 aliphatic carbocycles. The Morgan fingerprint density at radius 1 is 1.22 bits per heavy atom. The van der Waals surface area contributed by atoms with E-state index < -0.39 is 0 Å². The maximum Gasteiger partial charge on any atom is 0.214 e. The first-order valence-electron chi connectivity index (χ1n) is 5.53. The number of fused-ring (bicyclic) bond motifs is 1. The smallest absolute Gasteiger partial charge is 0.214 e. The standard InChI is InChI=1S/C12H13N5S/c1-16(2)9-5-3-8(4-6-9)11-15-17-7-10(13)14-12(17)18-11/h3-7H,13H2,1-2H3. The second-order valence-corrected chi connectivity index (χ2v) is 5.20. The molecule has 0 fully saturated rings. The van der Waals surface area contributed by atoms with Crippen molar-refractivity contribution in [1.82, 2.24) is 14.6 Å². The highest BCUT2D eigenvalue weighted by molar-refractivity contribution is 7.19. The van der Waals surface area contributed by atoms with Crippen molar-refractivity contribution < 1.29 is 0 Å². The SMILES string of the molecule is CN(C)c1ccc(-c2nn3cc(N)nc3s2)cc1. The van der Waals surface area contributed by atoms with Crippen LogP contribution in [0.4, 0.5) is 11.5 Å². The van der Waals surface area contributed by atoms with E-state index in [0.717, 1.165) is 15.5 Å². The van der Waals surface area contributed by atoms with Gasteiger partial charge >= 0.3 is 0 Å². The Bertz CT molecular complexity index is 649. The molecular weight excluding hydrogens is 246 g/mol. The summed E-state index contributed by atoms with van der Waals surface area (Å²) >= 11 is 1.53. The Balaban J connectivity index is 2.00. The number of nitrogens with two attached hydrogens (primary N) is 1. The number of benzene rings is 1. The zero-order valence-electron chi connectivity index (χ0n) is 10.2. The second kappa shape index (κ2) is 3.99. The summed E-state index contributed by atoms with van der Waals surface area (Å²) in [6, 6.07) is 8.29. The van der Waals surface area contributed by atoms with Crippen molar-refractivity contribution >= 4 is 27.8 Å². The molecule has 0 unspecified atom stereocenters. The largest absolute Gasteiger partial charge is 0.382 e.